The van der Waals surface area contributed by atoms with E-state index >= 15 is 0 Å². The smallest absolute Gasteiger partial charge is 0.374 e. The molecule has 0 saturated heterocycles. The molecule has 10 heteroatoms. The Morgan fingerprint density at radius 1 is 1.28 bits per heavy atom. The molecule has 0 aromatic carbocycles. The molecule has 0 fully saturated rings. The van der Waals surface area contributed by atoms with E-state index < -0.39 is 24.0 Å². The molecule has 3 N–H and O–H groups in total. The lowest BCUT2D eigenvalue weighted by Gasteiger charge is -2.29. The normalized spacial score (nSPS) is 15.6. The molecule has 170 valence electrons. The molecule has 1 heterocycles. The van der Waals surface area contributed by atoms with Crippen molar-refractivity contribution in [3.8, 4) is 0 Å². The molecule has 0 saturated carbocycles. The van der Waals surface area contributed by atoms with Gasteiger partial charge in [-0.05, 0) is 26.2 Å². The third-order valence-corrected chi connectivity index (χ3v) is 4.55. The fourth-order valence-corrected chi connectivity index (χ4v) is 2.93. The first-order valence-corrected chi connectivity index (χ1v) is 9.83. The zero-order valence-corrected chi connectivity index (χ0v) is 20.2. The Morgan fingerprint density at radius 2 is 1.93 bits per heavy atom. The highest BCUT2D eigenvalue weighted by Gasteiger charge is 2.57. The summed E-state index contributed by atoms with van der Waals surface area (Å²) in [5, 5.41) is 16.6. The maximum absolute atomic E-state index is 13.6. The van der Waals surface area contributed by atoms with E-state index in [0.29, 0.717) is 18.4 Å². The van der Waals surface area contributed by atoms with Gasteiger partial charge < -0.3 is 20.3 Å². The van der Waals surface area contributed by atoms with Crippen molar-refractivity contribution in [2.45, 2.75) is 71.2 Å². The van der Waals surface area contributed by atoms with Gasteiger partial charge in [-0.2, -0.15) is 13.2 Å². The zero-order chi connectivity index (χ0) is 21.4. The van der Waals surface area contributed by atoms with E-state index in [1.807, 2.05) is 13.8 Å². The number of guanidine groups is 1. The molecule has 2 unspecified atom stereocenters. The molecule has 0 amide bonds. The molecular weight excluding hydrogens is 498 g/mol. The summed E-state index contributed by atoms with van der Waals surface area (Å²) in [6.07, 6.45) is 0.291. The molecule has 1 rings (SSSR count). The predicted molar refractivity (Wildman–Crippen MR) is 120 cm³/mol. The van der Waals surface area contributed by atoms with Crippen LogP contribution < -0.4 is 10.6 Å². The van der Waals surface area contributed by atoms with Crippen LogP contribution in [0.5, 0.6) is 0 Å². The van der Waals surface area contributed by atoms with Crippen LogP contribution in [0.1, 0.15) is 59.2 Å². The molecule has 0 aliphatic heterocycles. The summed E-state index contributed by atoms with van der Waals surface area (Å²) < 4.78 is 41.8. The Kier molecular flexibility index (Phi) is 12.2. The Bertz CT molecular complexity index is 621. The largest absolute Gasteiger partial charge is 0.424 e. The monoisotopic (exact) mass is 533 g/mol. The summed E-state index contributed by atoms with van der Waals surface area (Å²) in [5.41, 5.74) is -3.05. The van der Waals surface area contributed by atoms with Crippen LogP contribution in [0.3, 0.4) is 0 Å². The molecule has 29 heavy (non-hydrogen) atoms. The molecule has 0 radical (unpaired) electrons. The van der Waals surface area contributed by atoms with E-state index in [2.05, 4.69) is 34.5 Å². The first kappa shape index (κ1) is 28.0. The molecule has 1 aromatic heterocycles. The molecule has 0 aliphatic carbocycles. The first-order valence-electron chi connectivity index (χ1n) is 9.83. The van der Waals surface area contributed by atoms with Gasteiger partial charge in [0.15, 0.2) is 5.96 Å². The number of imidazole rings is 1. The van der Waals surface area contributed by atoms with Crippen molar-refractivity contribution < 1.29 is 18.3 Å². The second-order valence-corrected chi connectivity index (χ2v) is 7.60. The Balaban J connectivity index is 0.00000784. The molecular formula is C19H35F3IN5O. The summed E-state index contributed by atoms with van der Waals surface area (Å²) in [7, 11) is 1.42. The summed E-state index contributed by atoms with van der Waals surface area (Å²) in [6.45, 7) is 8.65. The number of rotatable bonds is 10. The average Bonchev–Trinajstić information content (AvgIpc) is 3.00. The third kappa shape index (κ3) is 8.69. The van der Waals surface area contributed by atoms with Crippen molar-refractivity contribution in [1.82, 2.24) is 20.2 Å². The highest BCUT2D eigenvalue weighted by Crippen LogP contribution is 2.40. The summed E-state index contributed by atoms with van der Waals surface area (Å²) >= 11 is 0. The molecule has 1 aromatic rings. The van der Waals surface area contributed by atoms with Crippen molar-refractivity contribution >= 4 is 29.9 Å². The number of aromatic nitrogens is 2. The van der Waals surface area contributed by atoms with E-state index in [9.17, 15) is 18.3 Å². The van der Waals surface area contributed by atoms with Gasteiger partial charge in [0.25, 0.3) is 0 Å². The fourth-order valence-electron chi connectivity index (χ4n) is 2.93. The highest BCUT2D eigenvalue weighted by atomic mass is 127. The Labute approximate surface area is 188 Å². The number of alkyl halides is 3. The van der Waals surface area contributed by atoms with Crippen LogP contribution in [0.25, 0.3) is 0 Å². The first-order chi connectivity index (χ1) is 13.0. The lowest BCUT2D eigenvalue weighted by molar-refractivity contribution is -0.272. The summed E-state index contributed by atoms with van der Waals surface area (Å²) in [4.78, 5) is 7.93. The molecule has 6 nitrogen and oxygen atoms in total. The summed E-state index contributed by atoms with van der Waals surface area (Å²) in [6, 6.07) is 0.146. The van der Waals surface area contributed by atoms with Gasteiger partial charge in [0, 0.05) is 45.0 Å². The van der Waals surface area contributed by atoms with E-state index in [4.69, 9.17) is 0 Å². The highest BCUT2D eigenvalue weighted by molar-refractivity contribution is 14.0. The minimum atomic E-state index is -4.85. The fraction of sp³-hybridized carbons (Fsp3) is 0.789. The van der Waals surface area contributed by atoms with Gasteiger partial charge in [0.1, 0.15) is 5.82 Å². The Morgan fingerprint density at radius 3 is 2.41 bits per heavy atom. The topological polar surface area (TPSA) is 74.5 Å². The maximum atomic E-state index is 13.6. The maximum Gasteiger partial charge on any atom is 0.424 e. The zero-order valence-electron chi connectivity index (χ0n) is 17.9. The quantitative estimate of drug-likeness (QED) is 0.242. The molecule has 0 bridgehead atoms. The predicted octanol–water partition coefficient (Wildman–Crippen LogP) is 3.95. The van der Waals surface area contributed by atoms with Gasteiger partial charge in [-0.3, -0.25) is 4.99 Å². The number of aryl methyl sites for hydroxylation is 1. The van der Waals surface area contributed by atoms with Gasteiger partial charge in [0.05, 0.1) is 0 Å². The van der Waals surface area contributed by atoms with Crippen molar-refractivity contribution in [3.63, 3.8) is 0 Å². The number of halogens is 4. The van der Waals surface area contributed by atoms with Gasteiger partial charge in [-0.1, -0.05) is 26.7 Å². The van der Waals surface area contributed by atoms with Crippen molar-refractivity contribution in [3.05, 3.63) is 18.2 Å². The SMILES string of the molecule is CCNC(=NCCC(O)(c1nccn1C)C(F)(F)F)NC(C)CCCC(C)C.I. The van der Waals surface area contributed by atoms with Crippen LogP contribution in [0, 0.1) is 5.92 Å². The van der Waals surface area contributed by atoms with Gasteiger partial charge >= 0.3 is 6.18 Å². The molecule has 0 aliphatic rings. The van der Waals surface area contributed by atoms with Crippen LogP contribution in [0.2, 0.25) is 0 Å². The average molecular weight is 533 g/mol. The van der Waals surface area contributed by atoms with Crippen molar-refractivity contribution in [2.24, 2.45) is 18.0 Å². The third-order valence-electron chi connectivity index (χ3n) is 4.55. The Hall–Kier alpha value is -1.04. The van der Waals surface area contributed by atoms with E-state index in [1.54, 1.807) is 0 Å². The van der Waals surface area contributed by atoms with Crippen molar-refractivity contribution in [2.75, 3.05) is 13.1 Å². The van der Waals surface area contributed by atoms with E-state index in [-0.39, 0.29) is 36.6 Å². The summed E-state index contributed by atoms with van der Waals surface area (Å²) in [5.74, 6) is 0.652. The van der Waals surface area contributed by atoms with Crippen LogP contribution >= 0.6 is 24.0 Å². The van der Waals surface area contributed by atoms with Crippen LogP contribution in [0.15, 0.2) is 17.4 Å². The molecule has 0 spiro atoms. The minimum absolute atomic E-state index is 0. The number of nitrogens with one attached hydrogen (secondary N) is 2. The second kappa shape index (κ2) is 12.6. The van der Waals surface area contributed by atoms with E-state index in [0.717, 1.165) is 19.3 Å². The lowest BCUT2D eigenvalue weighted by atomic mass is 9.98. The number of nitrogens with zero attached hydrogens (tertiary/aromatic N) is 3. The van der Waals surface area contributed by atoms with E-state index in [1.165, 1.54) is 24.0 Å². The standard InChI is InChI=1S/C19H34F3N5O.HI/c1-6-23-17(26-15(4)9-7-8-14(2)3)25-11-10-18(28,19(20,21)22)16-24-12-13-27(16)5;/h12-15,28H,6-11H2,1-5H3,(H2,23,25,26);1H. The lowest BCUT2D eigenvalue weighted by Crippen LogP contribution is -2.46. The van der Waals surface area contributed by atoms with Crippen LogP contribution in [0.4, 0.5) is 13.2 Å². The van der Waals surface area contributed by atoms with Crippen LogP contribution in [-0.2, 0) is 12.6 Å². The van der Waals surface area contributed by atoms with Gasteiger partial charge in [-0.25, -0.2) is 4.98 Å². The number of aliphatic hydroxyl groups is 1. The van der Waals surface area contributed by atoms with Crippen LogP contribution in [-0.4, -0.2) is 45.9 Å². The number of hydrogen-bond acceptors (Lipinski definition) is 3. The van der Waals surface area contributed by atoms with Crippen molar-refractivity contribution in [1.29, 1.82) is 0 Å². The number of hydrogen-bond donors (Lipinski definition) is 3. The van der Waals surface area contributed by atoms with Gasteiger partial charge in [-0.15, -0.1) is 24.0 Å². The minimum Gasteiger partial charge on any atom is -0.374 e. The second-order valence-electron chi connectivity index (χ2n) is 7.60. The van der Waals surface area contributed by atoms with Gasteiger partial charge in [0.2, 0.25) is 5.60 Å². The molecule has 2 atom stereocenters. The number of aliphatic imine (C=N–C) groups is 1.